The van der Waals surface area contributed by atoms with Crippen LogP contribution in [-0.4, -0.2) is 24.0 Å². The third-order valence-electron chi connectivity index (χ3n) is 4.77. The van der Waals surface area contributed by atoms with Crippen molar-refractivity contribution in [3.63, 3.8) is 0 Å². The topological polar surface area (TPSA) is 24.7 Å². The molecule has 3 aliphatic rings. The standard InChI is InChI=1S/C17H23BN2S/c18-11-16-8-4-7-14-10-15(19-12-20-17(14)21-16)9-13-5-2-1-3-6-13/h10,12-14,16H,1-9H2. The quantitative estimate of drug-likeness (QED) is 0.697. The van der Waals surface area contributed by atoms with Crippen LogP contribution < -0.4 is 0 Å². The molecular formula is C17H23BN2S. The van der Waals surface area contributed by atoms with E-state index in [1.54, 1.807) is 18.1 Å². The fourth-order valence-corrected chi connectivity index (χ4v) is 4.69. The van der Waals surface area contributed by atoms with Crippen LogP contribution in [0.15, 0.2) is 21.8 Å². The van der Waals surface area contributed by atoms with Gasteiger partial charge in [0.25, 0.3) is 0 Å². The van der Waals surface area contributed by atoms with Gasteiger partial charge in [-0.05, 0) is 0 Å². The van der Waals surface area contributed by atoms with Crippen LogP contribution in [0.4, 0.5) is 0 Å². The molecule has 3 rings (SSSR count). The first-order valence-corrected chi connectivity index (χ1v) is 9.17. The van der Waals surface area contributed by atoms with Crippen molar-refractivity contribution in [1.82, 2.24) is 0 Å². The second-order valence-corrected chi connectivity index (χ2v) is 7.61. The van der Waals surface area contributed by atoms with E-state index in [1.165, 1.54) is 55.7 Å². The molecule has 0 aromatic rings. The minimum atomic E-state index is 0.287. The molecule has 0 N–H and O–H groups in total. The third kappa shape index (κ3) is 4.14. The molecule has 0 bridgehead atoms. The summed E-state index contributed by atoms with van der Waals surface area (Å²) in [5.74, 6) is 4.16. The summed E-state index contributed by atoms with van der Waals surface area (Å²) in [6, 6.07) is 0. The van der Waals surface area contributed by atoms with Gasteiger partial charge < -0.3 is 0 Å². The number of hydrogen-bond acceptors (Lipinski definition) is 3. The zero-order valence-electron chi connectivity index (χ0n) is 12.6. The Morgan fingerprint density at radius 2 is 2.00 bits per heavy atom. The number of rotatable bonds is 2. The van der Waals surface area contributed by atoms with Crippen molar-refractivity contribution in [3.8, 4) is 5.80 Å². The summed E-state index contributed by atoms with van der Waals surface area (Å²) in [5, 5.41) is 1.47. The van der Waals surface area contributed by atoms with Crippen LogP contribution in [-0.2, 0) is 0 Å². The molecule has 1 saturated heterocycles. The fourth-order valence-electron chi connectivity index (χ4n) is 3.58. The zero-order valence-corrected chi connectivity index (χ0v) is 13.4. The summed E-state index contributed by atoms with van der Waals surface area (Å²) in [6.45, 7) is 0. The van der Waals surface area contributed by atoms with E-state index in [-0.39, 0.29) is 5.25 Å². The van der Waals surface area contributed by atoms with Gasteiger partial charge in [0.15, 0.2) is 0 Å². The molecule has 2 fully saturated rings. The Bertz CT molecular complexity index is 497. The Hall–Kier alpha value is -0.725. The second-order valence-electron chi connectivity index (χ2n) is 6.39. The molecular weight excluding hydrogens is 275 g/mol. The minimum absolute atomic E-state index is 0.287. The summed E-state index contributed by atoms with van der Waals surface area (Å²) in [4.78, 5) is 9.19. The molecule has 2 aliphatic heterocycles. The summed E-state index contributed by atoms with van der Waals surface area (Å²) < 4.78 is 0. The van der Waals surface area contributed by atoms with Crippen molar-refractivity contribution in [2.75, 3.05) is 0 Å². The van der Waals surface area contributed by atoms with Gasteiger partial charge in [-0.1, -0.05) is 0 Å². The molecule has 2 atom stereocenters. The second kappa shape index (κ2) is 7.51. The van der Waals surface area contributed by atoms with E-state index >= 15 is 0 Å². The van der Waals surface area contributed by atoms with E-state index in [0.29, 0.717) is 5.92 Å². The van der Waals surface area contributed by atoms with E-state index < -0.39 is 0 Å². The number of allylic oxidation sites excluding steroid dienone is 2. The van der Waals surface area contributed by atoms with Crippen LogP contribution in [0.25, 0.3) is 0 Å². The molecule has 0 aromatic heterocycles. The van der Waals surface area contributed by atoms with Crippen LogP contribution in [0.5, 0.6) is 0 Å². The Balaban J connectivity index is 1.69. The van der Waals surface area contributed by atoms with E-state index in [1.807, 2.05) is 0 Å². The van der Waals surface area contributed by atoms with E-state index in [4.69, 9.17) is 7.33 Å². The van der Waals surface area contributed by atoms with E-state index in [9.17, 15) is 0 Å². The first kappa shape index (κ1) is 15.2. The van der Waals surface area contributed by atoms with Crippen LogP contribution in [0.2, 0.25) is 0 Å². The molecule has 1 aliphatic carbocycles. The molecule has 0 amide bonds. The van der Waals surface area contributed by atoms with Crippen LogP contribution in [0.3, 0.4) is 0 Å². The molecule has 0 aromatic carbocycles. The van der Waals surface area contributed by atoms with Gasteiger partial charge in [0, 0.05) is 0 Å². The van der Waals surface area contributed by atoms with Gasteiger partial charge in [-0.25, -0.2) is 0 Å². The monoisotopic (exact) mass is 298 g/mol. The Morgan fingerprint density at radius 1 is 1.14 bits per heavy atom. The predicted molar refractivity (Wildman–Crippen MR) is 93.6 cm³/mol. The molecule has 1 saturated carbocycles. The van der Waals surface area contributed by atoms with E-state index in [2.05, 4.69) is 21.9 Å². The van der Waals surface area contributed by atoms with Crippen molar-refractivity contribution >= 4 is 30.5 Å². The van der Waals surface area contributed by atoms with Crippen LogP contribution >= 0.6 is 11.8 Å². The molecule has 4 heteroatoms. The summed E-state index contributed by atoms with van der Waals surface area (Å²) in [5.41, 5.74) is 1.26. The maximum atomic E-state index is 5.61. The Kier molecular flexibility index (Phi) is 5.43. The van der Waals surface area contributed by atoms with Crippen LogP contribution in [0.1, 0.15) is 57.8 Å². The van der Waals surface area contributed by atoms with Gasteiger partial charge in [0.1, 0.15) is 0 Å². The molecule has 21 heavy (non-hydrogen) atoms. The number of fused-ring (bicyclic) bond motifs is 1. The van der Waals surface area contributed by atoms with Gasteiger partial charge >= 0.3 is 133 Å². The average Bonchev–Trinajstić information content (AvgIpc) is 2.81. The number of thioether (sulfide) groups is 1. The van der Waals surface area contributed by atoms with Gasteiger partial charge in [-0.2, -0.15) is 0 Å². The maximum absolute atomic E-state index is 5.61. The molecule has 110 valence electrons. The fraction of sp³-hybridized carbons (Fsp3) is 0.706. The van der Waals surface area contributed by atoms with Gasteiger partial charge in [0.2, 0.25) is 0 Å². The molecule has 2 heterocycles. The van der Waals surface area contributed by atoms with Gasteiger partial charge in [0.05, 0.1) is 0 Å². The number of hydrogen-bond donors (Lipinski definition) is 0. The predicted octanol–water partition coefficient (Wildman–Crippen LogP) is 4.31. The first-order chi connectivity index (χ1) is 10.3. The molecule has 2 unspecified atom stereocenters. The van der Waals surface area contributed by atoms with Crippen molar-refractivity contribution < 1.29 is 0 Å². The zero-order chi connectivity index (χ0) is 14.5. The molecule has 2 nitrogen and oxygen atoms in total. The third-order valence-corrected chi connectivity index (χ3v) is 6.08. The summed E-state index contributed by atoms with van der Waals surface area (Å²) in [7, 11) is 5.61. The first-order valence-electron chi connectivity index (χ1n) is 8.29. The Labute approximate surface area is 133 Å². The normalized spacial score (nSPS) is 30.6. The van der Waals surface area contributed by atoms with Crippen molar-refractivity contribution in [2.24, 2.45) is 21.8 Å². The van der Waals surface area contributed by atoms with Crippen LogP contribution in [0, 0.1) is 17.6 Å². The average molecular weight is 298 g/mol. The van der Waals surface area contributed by atoms with Crippen molar-refractivity contribution in [2.45, 2.75) is 63.0 Å². The van der Waals surface area contributed by atoms with Gasteiger partial charge in [-0.3, -0.25) is 0 Å². The number of nitrogens with zero attached hydrogens (tertiary/aromatic N) is 2. The molecule has 0 radical (unpaired) electrons. The van der Waals surface area contributed by atoms with Gasteiger partial charge in [-0.15, -0.1) is 0 Å². The summed E-state index contributed by atoms with van der Waals surface area (Å²) in [6.07, 6.45) is 15.7. The summed E-state index contributed by atoms with van der Waals surface area (Å²) >= 11 is 1.78. The van der Waals surface area contributed by atoms with Crippen molar-refractivity contribution in [3.05, 3.63) is 11.8 Å². The molecule has 0 spiro atoms. The Morgan fingerprint density at radius 3 is 2.81 bits per heavy atom. The SMILES string of the molecule is B#CC1CCCC2C=C(CC3CCCCC3)N=CN=C2S1. The number of aliphatic imine (C=N–C) groups is 2. The van der Waals surface area contributed by atoms with E-state index in [0.717, 1.165) is 18.8 Å². The van der Waals surface area contributed by atoms with Crippen molar-refractivity contribution in [1.29, 1.82) is 0 Å².